The van der Waals surface area contributed by atoms with Crippen molar-refractivity contribution in [3.8, 4) is 11.5 Å². The molecule has 0 saturated carbocycles. The molecule has 0 saturated heterocycles. The minimum Gasteiger partial charge on any atom is -0.549 e. The zero-order valence-corrected chi connectivity index (χ0v) is 15.9. The predicted molar refractivity (Wildman–Crippen MR) is 105 cm³/mol. The lowest BCUT2D eigenvalue weighted by molar-refractivity contribution is -0.301. The lowest BCUT2D eigenvalue weighted by Gasteiger charge is -2.09. The third kappa shape index (κ3) is 4.17. The largest absolute Gasteiger partial charge is 0.549 e. The number of rotatable bonds is 7. The molecule has 0 aliphatic carbocycles. The van der Waals surface area contributed by atoms with Crippen molar-refractivity contribution in [2.45, 2.75) is 0 Å². The number of hydrogen-bond donors (Lipinski definition) is 0. The van der Waals surface area contributed by atoms with Gasteiger partial charge in [0.25, 0.3) is 0 Å². The van der Waals surface area contributed by atoms with E-state index in [2.05, 4.69) is 4.98 Å². The van der Waals surface area contributed by atoms with Crippen molar-refractivity contribution in [2.24, 2.45) is 0 Å². The predicted octanol–water partition coefficient (Wildman–Crippen LogP) is 3.29. The number of thiazole rings is 1. The fourth-order valence-corrected chi connectivity index (χ4v) is 4.21. The summed E-state index contributed by atoms with van der Waals surface area (Å²) >= 11 is 2.72. The Morgan fingerprint density at radius 2 is 1.96 bits per heavy atom. The highest BCUT2D eigenvalue weighted by molar-refractivity contribution is 8.09. The first-order chi connectivity index (χ1) is 12.6. The number of carboxylic acid groups (broad SMARTS) is 1. The second-order valence-corrected chi connectivity index (χ2v) is 7.32. The highest BCUT2D eigenvalue weighted by Gasteiger charge is 2.11. The van der Waals surface area contributed by atoms with E-state index in [1.165, 1.54) is 23.1 Å². The molecule has 1 aromatic heterocycles. The average Bonchev–Trinajstić information content (AvgIpc) is 3.08. The van der Waals surface area contributed by atoms with E-state index in [-0.39, 0.29) is 5.75 Å². The monoisotopic (exact) mass is 386 g/mol. The SMILES string of the molecule is COc1ccc(/C=C(\SCC(=O)[O-])c2nc3ccccc3s2)cc1OC. The molecule has 0 spiro atoms. The van der Waals surface area contributed by atoms with Gasteiger partial charge < -0.3 is 19.4 Å². The summed E-state index contributed by atoms with van der Waals surface area (Å²) in [5, 5.41) is 11.7. The molecule has 0 unspecified atom stereocenters. The standard InChI is InChI=1S/C19H17NO4S2/c1-23-14-8-7-12(9-15(14)24-2)10-17(25-11-18(21)22)19-20-13-5-3-4-6-16(13)26-19/h3-10H,11H2,1-2H3,(H,21,22)/p-1/b17-10-. The average molecular weight is 386 g/mol. The Bertz CT molecular complexity index is 932. The van der Waals surface area contributed by atoms with E-state index in [1.54, 1.807) is 14.2 Å². The summed E-state index contributed by atoms with van der Waals surface area (Å²) in [7, 11) is 3.15. The third-order valence-corrected chi connectivity index (χ3v) is 5.76. The van der Waals surface area contributed by atoms with Crippen molar-refractivity contribution in [2.75, 3.05) is 20.0 Å². The number of nitrogens with zero attached hydrogens (tertiary/aromatic N) is 1. The molecule has 0 radical (unpaired) electrons. The van der Waals surface area contributed by atoms with Crippen molar-refractivity contribution in [3.63, 3.8) is 0 Å². The van der Waals surface area contributed by atoms with Gasteiger partial charge in [-0.2, -0.15) is 0 Å². The van der Waals surface area contributed by atoms with Gasteiger partial charge in [-0.05, 0) is 35.9 Å². The first-order valence-corrected chi connectivity index (χ1v) is 9.53. The smallest absolute Gasteiger partial charge is 0.161 e. The van der Waals surface area contributed by atoms with E-state index in [1.807, 2.05) is 48.5 Å². The molecule has 26 heavy (non-hydrogen) atoms. The lowest BCUT2D eigenvalue weighted by atomic mass is 10.2. The second kappa shape index (κ2) is 8.25. The molecule has 0 atom stereocenters. The quantitative estimate of drug-likeness (QED) is 0.620. The molecule has 3 rings (SSSR count). The molecule has 2 aromatic carbocycles. The Balaban J connectivity index is 2.02. The number of para-hydroxylation sites is 1. The van der Waals surface area contributed by atoms with Crippen LogP contribution in [-0.2, 0) is 4.79 Å². The molecule has 5 nitrogen and oxygen atoms in total. The molecular weight excluding hydrogens is 370 g/mol. The summed E-state index contributed by atoms with van der Waals surface area (Å²) in [6, 6.07) is 13.3. The van der Waals surface area contributed by atoms with Crippen LogP contribution in [0.3, 0.4) is 0 Å². The van der Waals surface area contributed by atoms with Crippen LogP contribution in [-0.4, -0.2) is 30.9 Å². The Labute approximate surface area is 159 Å². The maximum absolute atomic E-state index is 10.9. The van der Waals surface area contributed by atoms with E-state index < -0.39 is 5.97 Å². The van der Waals surface area contributed by atoms with Gasteiger partial charge in [0, 0.05) is 10.7 Å². The zero-order valence-electron chi connectivity index (χ0n) is 14.2. The number of thioether (sulfide) groups is 1. The number of aliphatic carboxylic acids is 1. The van der Waals surface area contributed by atoms with Crippen LogP contribution in [0.4, 0.5) is 0 Å². The van der Waals surface area contributed by atoms with Gasteiger partial charge in [-0.15, -0.1) is 23.1 Å². The molecule has 7 heteroatoms. The number of fused-ring (bicyclic) bond motifs is 1. The molecule has 0 aliphatic heterocycles. The number of methoxy groups -OCH3 is 2. The maximum Gasteiger partial charge on any atom is 0.161 e. The van der Waals surface area contributed by atoms with Crippen LogP contribution < -0.4 is 14.6 Å². The lowest BCUT2D eigenvalue weighted by Crippen LogP contribution is -2.24. The van der Waals surface area contributed by atoms with Crippen LogP contribution >= 0.6 is 23.1 Å². The van der Waals surface area contributed by atoms with Crippen molar-refractivity contribution >= 4 is 50.3 Å². The first kappa shape index (κ1) is 18.3. The van der Waals surface area contributed by atoms with Crippen LogP contribution in [0.15, 0.2) is 42.5 Å². The highest BCUT2D eigenvalue weighted by Crippen LogP contribution is 2.36. The number of carbonyl (C=O) groups is 1. The van der Waals surface area contributed by atoms with Crippen molar-refractivity contribution < 1.29 is 19.4 Å². The summed E-state index contributed by atoms with van der Waals surface area (Å²) in [6.45, 7) is 0. The summed E-state index contributed by atoms with van der Waals surface area (Å²) in [6.07, 6.45) is 1.90. The Morgan fingerprint density at radius 3 is 2.65 bits per heavy atom. The van der Waals surface area contributed by atoms with Crippen molar-refractivity contribution in [1.29, 1.82) is 0 Å². The normalized spacial score (nSPS) is 11.5. The molecule has 0 bridgehead atoms. The Morgan fingerprint density at radius 1 is 1.19 bits per heavy atom. The van der Waals surface area contributed by atoms with Crippen LogP contribution in [0.25, 0.3) is 21.2 Å². The molecule has 1 heterocycles. The van der Waals surface area contributed by atoms with Gasteiger partial charge in [-0.25, -0.2) is 4.98 Å². The minimum absolute atomic E-state index is 0.144. The van der Waals surface area contributed by atoms with Crippen LogP contribution in [0.2, 0.25) is 0 Å². The van der Waals surface area contributed by atoms with Crippen molar-refractivity contribution in [1.82, 2.24) is 4.98 Å². The van der Waals surface area contributed by atoms with Gasteiger partial charge in [0.2, 0.25) is 0 Å². The molecule has 0 fully saturated rings. The second-order valence-electron chi connectivity index (χ2n) is 5.27. The molecule has 0 aliphatic rings. The van der Waals surface area contributed by atoms with Gasteiger partial charge in [0.1, 0.15) is 5.01 Å². The summed E-state index contributed by atoms with van der Waals surface area (Å²) in [5.41, 5.74) is 1.75. The topological polar surface area (TPSA) is 71.5 Å². The fraction of sp³-hybridized carbons (Fsp3) is 0.158. The minimum atomic E-state index is -1.12. The van der Waals surface area contributed by atoms with E-state index >= 15 is 0 Å². The summed E-state index contributed by atoms with van der Waals surface area (Å²) in [5.74, 6) is -0.0209. The maximum atomic E-state index is 10.9. The number of carbonyl (C=O) groups excluding carboxylic acids is 1. The van der Waals surface area contributed by atoms with E-state index in [4.69, 9.17) is 9.47 Å². The number of aromatic nitrogens is 1. The first-order valence-electron chi connectivity index (χ1n) is 7.73. The molecule has 3 aromatic rings. The highest BCUT2D eigenvalue weighted by atomic mass is 32.2. The number of benzene rings is 2. The van der Waals surface area contributed by atoms with Gasteiger partial charge >= 0.3 is 0 Å². The summed E-state index contributed by atoms with van der Waals surface area (Å²) in [4.78, 5) is 16.3. The van der Waals surface area contributed by atoms with Gasteiger partial charge in [0.15, 0.2) is 11.5 Å². The van der Waals surface area contributed by atoms with Gasteiger partial charge in [-0.3, -0.25) is 0 Å². The molecule has 134 valence electrons. The van der Waals surface area contributed by atoms with Crippen molar-refractivity contribution in [3.05, 3.63) is 53.0 Å². The molecule has 0 amide bonds. The number of ether oxygens (including phenoxy) is 2. The fourth-order valence-electron chi connectivity index (χ4n) is 2.37. The van der Waals surface area contributed by atoms with E-state index in [0.717, 1.165) is 25.7 Å². The third-order valence-electron chi connectivity index (χ3n) is 3.56. The van der Waals surface area contributed by atoms with Gasteiger partial charge in [-0.1, -0.05) is 18.2 Å². The Kier molecular flexibility index (Phi) is 5.80. The zero-order chi connectivity index (χ0) is 18.5. The van der Waals surface area contributed by atoms with Crippen LogP contribution in [0, 0.1) is 0 Å². The summed E-state index contributed by atoms with van der Waals surface area (Å²) < 4.78 is 11.6. The molecule has 0 N–H and O–H groups in total. The van der Waals surface area contributed by atoms with E-state index in [9.17, 15) is 9.90 Å². The molecular formula is C19H16NO4S2-. The van der Waals surface area contributed by atoms with Crippen LogP contribution in [0.1, 0.15) is 10.6 Å². The Hall–Kier alpha value is -2.51. The number of carboxylic acids is 1. The van der Waals surface area contributed by atoms with Gasteiger partial charge in [0.05, 0.1) is 30.4 Å². The number of hydrogen-bond acceptors (Lipinski definition) is 7. The van der Waals surface area contributed by atoms with Crippen LogP contribution in [0.5, 0.6) is 11.5 Å². The van der Waals surface area contributed by atoms with E-state index in [0.29, 0.717) is 11.5 Å².